The van der Waals surface area contributed by atoms with E-state index >= 15 is 0 Å². The number of anilines is 1. The molecule has 0 aliphatic carbocycles. The Kier molecular flexibility index (Phi) is 3.10. The lowest BCUT2D eigenvalue weighted by Gasteiger charge is -2.26. The van der Waals surface area contributed by atoms with Crippen LogP contribution in [0.2, 0.25) is 0 Å². The third-order valence-electron chi connectivity index (χ3n) is 5.10. The van der Waals surface area contributed by atoms with Crippen molar-refractivity contribution in [2.24, 2.45) is 0 Å². The fourth-order valence-corrected chi connectivity index (χ4v) is 5.50. The summed E-state index contributed by atoms with van der Waals surface area (Å²) >= 11 is 0. The third-order valence-corrected chi connectivity index (χ3v) is 6.97. The minimum atomic E-state index is -3.42. The van der Waals surface area contributed by atoms with Gasteiger partial charge in [-0.3, -0.25) is 4.79 Å². The van der Waals surface area contributed by atoms with Crippen molar-refractivity contribution in [1.29, 1.82) is 0 Å². The van der Waals surface area contributed by atoms with Gasteiger partial charge in [0.2, 0.25) is 15.9 Å². The molecule has 0 radical (unpaired) electrons. The summed E-state index contributed by atoms with van der Waals surface area (Å²) in [5.41, 5.74) is 2.88. The Morgan fingerprint density at radius 2 is 1.82 bits per heavy atom. The van der Waals surface area contributed by atoms with Gasteiger partial charge in [0.15, 0.2) is 0 Å². The zero-order valence-electron chi connectivity index (χ0n) is 12.7. The fraction of sp³-hybridized carbons (Fsp3) is 0.562. The van der Waals surface area contributed by atoms with Crippen LogP contribution in [-0.4, -0.2) is 38.3 Å². The van der Waals surface area contributed by atoms with Crippen LogP contribution < -0.4 is 4.90 Å². The van der Waals surface area contributed by atoms with E-state index in [0.717, 1.165) is 49.0 Å². The Balaban J connectivity index is 1.86. The minimum absolute atomic E-state index is 0.103. The number of sulfonamides is 1. The Hall–Kier alpha value is -1.40. The van der Waals surface area contributed by atoms with Gasteiger partial charge in [0.05, 0.1) is 16.5 Å². The van der Waals surface area contributed by atoms with Crippen LogP contribution in [0.15, 0.2) is 17.0 Å². The number of hydrogen-bond acceptors (Lipinski definition) is 3. The zero-order valence-corrected chi connectivity index (χ0v) is 13.5. The first-order valence-electron chi connectivity index (χ1n) is 7.98. The van der Waals surface area contributed by atoms with Crippen LogP contribution >= 0.6 is 0 Å². The first-order valence-corrected chi connectivity index (χ1v) is 9.42. The molecule has 1 aromatic carbocycles. The smallest absolute Gasteiger partial charge is 0.243 e. The standard InChI is InChI=1S/C16H20N2O3S/c1-11-14-10-13(22(20,21)17-6-2-3-7-17)9-12-5-4-8-18(15(12)14)16(11)19/h9-11H,2-8H2,1H3/t11-/m0/s1. The van der Waals surface area contributed by atoms with Crippen LogP contribution in [0.25, 0.3) is 0 Å². The Bertz CT molecular complexity index is 751. The highest BCUT2D eigenvalue weighted by Gasteiger charge is 2.39. The molecule has 3 heterocycles. The van der Waals surface area contributed by atoms with E-state index in [-0.39, 0.29) is 11.8 Å². The molecule has 0 bridgehead atoms. The summed E-state index contributed by atoms with van der Waals surface area (Å²) in [5, 5.41) is 0. The molecular formula is C16H20N2O3S. The molecule has 0 aromatic heterocycles. The molecule has 1 aromatic rings. The average Bonchev–Trinajstić information content (AvgIpc) is 3.13. The van der Waals surface area contributed by atoms with Gasteiger partial charge in [-0.05, 0) is 55.9 Å². The largest absolute Gasteiger partial charge is 0.311 e. The monoisotopic (exact) mass is 320 g/mol. The Morgan fingerprint density at radius 1 is 1.09 bits per heavy atom. The van der Waals surface area contributed by atoms with Crippen molar-refractivity contribution in [3.05, 3.63) is 23.3 Å². The summed E-state index contributed by atoms with van der Waals surface area (Å²) in [6.07, 6.45) is 3.61. The molecule has 22 heavy (non-hydrogen) atoms. The predicted octanol–water partition coefficient (Wildman–Crippen LogP) is 1.87. The van der Waals surface area contributed by atoms with Crippen molar-refractivity contribution in [3.63, 3.8) is 0 Å². The summed E-state index contributed by atoms with van der Waals surface area (Å²) in [5.74, 6) is -0.132. The van der Waals surface area contributed by atoms with Crippen LogP contribution in [0, 0.1) is 0 Å². The molecule has 118 valence electrons. The third kappa shape index (κ3) is 1.86. The molecule has 3 aliphatic heterocycles. The van der Waals surface area contributed by atoms with Gasteiger partial charge in [-0.1, -0.05) is 0 Å². The molecule has 1 fully saturated rings. The van der Waals surface area contributed by atoms with E-state index in [1.54, 1.807) is 16.4 Å². The molecule has 3 aliphatic rings. The highest BCUT2D eigenvalue weighted by molar-refractivity contribution is 7.89. The lowest BCUT2D eigenvalue weighted by molar-refractivity contribution is -0.119. The van der Waals surface area contributed by atoms with E-state index in [1.807, 2.05) is 11.8 Å². The number of nitrogens with zero attached hydrogens (tertiary/aromatic N) is 2. The van der Waals surface area contributed by atoms with Gasteiger partial charge < -0.3 is 4.90 Å². The highest BCUT2D eigenvalue weighted by Crippen LogP contribution is 2.44. The summed E-state index contributed by atoms with van der Waals surface area (Å²) in [6, 6.07) is 3.53. The molecule has 1 saturated heterocycles. The van der Waals surface area contributed by atoms with E-state index < -0.39 is 10.0 Å². The summed E-state index contributed by atoms with van der Waals surface area (Å²) in [4.78, 5) is 14.6. The molecule has 0 spiro atoms. The van der Waals surface area contributed by atoms with E-state index in [2.05, 4.69) is 0 Å². The van der Waals surface area contributed by atoms with Crippen LogP contribution in [0.4, 0.5) is 5.69 Å². The lowest BCUT2D eigenvalue weighted by Crippen LogP contribution is -2.32. The first-order chi connectivity index (χ1) is 10.5. The summed E-state index contributed by atoms with van der Waals surface area (Å²) in [6.45, 7) is 3.84. The van der Waals surface area contributed by atoms with Gasteiger partial charge in [0.25, 0.3) is 0 Å². The second-order valence-electron chi connectivity index (χ2n) is 6.45. The topological polar surface area (TPSA) is 57.7 Å². The summed E-state index contributed by atoms with van der Waals surface area (Å²) < 4.78 is 27.2. The van der Waals surface area contributed by atoms with Crippen LogP contribution in [0.1, 0.15) is 43.2 Å². The molecule has 0 N–H and O–H groups in total. The molecule has 1 atom stereocenters. The number of carbonyl (C=O) groups excluding carboxylic acids is 1. The number of rotatable bonds is 2. The normalized spacial score (nSPS) is 24.9. The van der Waals surface area contributed by atoms with E-state index in [9.17, 15) is 13.2 Å². The van der Waals surface area contributed by atoms with E-state index in [4.69, 9.17) is 0 Å². The van der Waals surface area contributed by atoms with Gasteiger partial charge in [0, 0.05) is 19.6 Å². The van der Waals surface area contributed by atoms with E-state index in [0.29, 0.717) is 18.0 Å². The zero-order chi connectivity index (χ0) is 15.5. The van der Waals surface area contributed by atoms with Crippen molar-refractivity contribution in [2.75, 3.05) is 24.5 Å². The maximum atomic E-state index is 12.8. The quantitative estimate of drug-likeness (QED) is 0.836. The van der Waals surface area contributed by atoms with Crippen molar-refractivity contribution in [1.82, 2.24) is 4.31 Å². The van der Waals surface area contributed by atoms with E-state index in [1.165, 1.54) is 0 Å². The Labute approximate surface area is 131 Å². The number of hydrogen-bond donors (Lipinski definition) is 0. The average molecular weight is 320 g/mol. The van der Waals surface area contributed by atoms with Crippen molar-refractivity contribution < 1.29 is 13.2 Å². The second-order valence-corrected chi connectivity index (χ2v) is 8.38. The van der Waals surface area contributed by atoms with Crippen LogP contribution in [0.5, 0.6) is 0 Å². The fourth-order valence-electron chi connectivity index (χ4n) is 3.89. The number of amides is 1. The molecule has 5 nitrogen and oxygen atoms in total. The minimum Gasteiger partial charge on any atom is -0.311 e. The van der Waals surface area contributed by atoms with Crippen LogP contribution in [-0.2, 0) is 21.2 Å². The molecule has 4 rings (SSSR count). The number of aryl methyl sites for hydroxylation is 1. The van der Waals surface area contributed by atoms with Gasteiger partial charge >= 0.3 is 0 Å². The van der Waals surface area contributed by atoms with Gasteiger partial charge in [-0.25, -0.2) is 8.42 Å². The van der Waals surface area contributed by atoms with Crippen molar-refractivity contribution in [2.45, 2.75) is 43.4 Å². The van der Waals surface area contributed by atoms with Crippen molar-refractivity contribution >= 4 is 21.6 Å². The van der Waals surface area contributed by atoms with Gasteiger partial charge in [-0.15, -0.1) is 0 Å². The maximum Gasteiger partial charge on any atom is 0.243 e. The summed E-state index contributed by atoms with van der Waals surface area (Å²) in [7, 11) is -3.42. The molecule has 0 saturated carbocycles. The molecule has 1 amide bonds. The predicted molar refractivity (Wildman–Crippen MR) is 83.5 cm³/mol. The maximum absolute atomic E-state index is 12.8. The second kappa shape index (κ2) is 4.80. The SMILES string of the molecule is C[C@@H]1C(=O)N2CCCc3cc(S(=O)(=O)N4CCCC4)cc1c32. The van der Waals surface area contributed by atoms with Crippen molar-refractivity contribution in [3.8, 4) is 0 Å². The van der Waals surface area contributed by atoms with Crippen LogP contribution in [0.3, 0.4) is 0 Å². The molecule has 6 heteroatoms. The highest BCUT2D eigenvalue weighted by atomic mass is 32.2. The number of carbonyl (C=O) groups is 1. The Morgan fingerprint density at radius 3 is 2.55 bits per heavy atom. The molecular weight excluding hydrogens is 300 g/mol. The molecule has 0 unspecified atom stereocenters. The number of benzene rings is 1. The van der Waals surface area contributed by atoms with Gasteiger partial charge in [-0.2, -0.15) is 4.31 Å². The first kappa shape index (κ1) is 14.2. The lowest BCUT2D eigenvalue weighted by atomic mass is 9.97. The van der Waals surface area contributed by atoms with Gasteiger partial charge in [0.1, 0.15) is 0 Å².